The van der Waals surface area contributed by atoms with Crippen LogP contribution in [0.25, 0.3) is 0 Å². The van der Waals surface area contributed by atoms with Crippen LogP contribution in [0.5, 0.6) is 0 Å². The van der Waals surface area contributed by atoms with Crippen LogP contribution in [-0.4, -0.2) is 34.8 Å². The number of carbonyl (C=O) groups is 1. The Hall–Kier alpha value is -1.52. The van der Waals surface area contributed by atoms with Gasteiger partial charge in [0.25, 0.3) is 0 Å². The van der Waals surface area contributed by atoms with E-state index in [1.807, 2.05) is 20.8 Å². The summed E-state index contributed by atoms with van der Waals surface area (Å²) < 4.78 is 4.68. The fourth-order valence-electron chi connectivity index (χ4n) is 1.72. The summed E-state index contributed by atoms with van der Waals surface area (Å²) in [6.45, 7) is 7.25. The lowest BCUT2D eigenvalue weighted by Crippen LogP contribution is -2.35. The molecule has 16 heavy (non-hydrogen) atoms. The second-order valence-electron chi connectivity index (χ2n) is 3.42. The summed E-state index contributed by atoms with van der Waals surface area (Å²) in [5, 5.41) is 7.10. The maximum atomic E-state index is 11.3. The van der Waals surface area contributed by atoms with Gasteiger partial charge >= 0.3 is 6.09 Å². The van der Waals surface area contributed by atoms with Crippen molar-refractivity contribution < 1.29 is 9.53 Å². The van der Waals surface area contributed by atoms with Gasteiger partial charge in [-0.05, 0) is 6.92 Å². The molecule has 0 radical (unpaired) electrons. The highest BCUT2D eigenvalue weighted by molar-refractivity contribution is 5.67. The monoisotopic (exact) mass is 225 g/mol. The van der Waals surface area contributed by atoms with Gasteiger partial charge in [0.15, 0.2) is 0 Å². The highest BCUT2D eigenvalue weighted by Crippen LogP contribution is 2.19. The first-order valence-corrected chi connectivity index (χ1v) is 5.58. The zero-order chi connectivity index (χ0) is 12.1. The molecule has 1 N–H and O–H groups in total. The summed E-state index contributed by atoms with van der Waals surface area (Å²) in [4.78, 5) is 13.0. The van der Waals surface area contributed by atoms with Crippen LogP contribution in [0.4, 0.5) is 4.79 Å². The predicted molar refractivity (Wildman–Crippen MR) is 61.2 cm³/mol. The lowest BCUT2D eigenvalue weighted by molar-refractivity contribution is 0.118. The molecular weight excluding hydrogens is 206 g/mol. The molecule has 2 rings (SSSR count). The van der Waals surface area contributed by atoms with Gasteiger partial charge in [-0.2, -0.15) is 5.10 Å². The molecule has 90 valence electrons. The molecule has 0 unspecified atom stereocenters. The third kappa shape index (κ3) is 2.35. The number of nitrogens with zero attached hydrogens (tertiary/aromatic N) is 2. The molecular formula is C11H19N3O2. The van der Waals surface area contributed by atoms with Gasteiger partial charge in [0.05, 0.1) is 19.3 Å². The molecule has 5 heteroatoms. The van der Waals surface area contributed by atoms with Gasteiger partial charge in [0.2, 0.25) is 0 Å². The molecule has 0 spiro atoms. The molecule has 1 aromatic heterocycles. The Morgan fingerprint density at radius 3 is 2.81 bits per heavy atom. The fourth-order valence-corrected chi connectivity index (χ4v) is 1.72. The minimum Gasteiger partial charge on any atom is -0.453 e. The van der Waals surface area contributed by atoms with E-state index in [4.69, 9.17) is 0 Å². The summed E-state index contributed by atoms with van der Waals surface area (Å²) in [6.07, 6.45) is 0.533. The number of methoxy groups -OCH3 is 1. The highest BCUT2D eigenvalue weighted by Gasteiger charge is 2.24. The van der Waals surface area contributed by atoms with Gasteiger partial charge in [0, 0.05) is 24.2 Å². The molecule has 0 saturated carbocycles. The molecule has 0 atom stereocenters. The first-order valence-electron chi connectivity index (χ1n) is 5.58. The average molecular weight is 225 g/mol. The highest BCUT2D eigenvalue weighted by atomic mass is 16.5. The maximum Gasteiger partial charge on any atom is 0.409 e. The van der Waals surface area contributed by atoms with Crippen LogP contribution in [0.2, 0.25) is 0 Å². The Morgan fingerprint density at radius 2 is 2.19 bits per heavy atom. The number of aromatic amines is 1. The maximum absolute atomic E-state index is 11.3. The number of fused-ring (bicyclic) bond motifs is 1. The van der Waals surface area contributed by atoms with Crippen molar-refractivity contribution in [2.75, 3.05) is 13.7 Å². The van der Waals surface area contributed by atoms with Crippen molar-refractivity contribution in [1.82, 2.24) is 15.1 Å². The van der Waals surface area contributed by atoms with E-state index in [2.05, 4.69) is 14.9 Å². The number of hydrogen-bond acceptors (Lipinski definition) is 3. The fraction of sp³-hybridized carbons (Fsp3) is 0.636. The lowest BCUT2D eigenvalue weighted by atomic mass is 10.1. The number of nitrogens with one attached hydrogen (secondary N) is 1. The van der Waals surface area contributed by atoms with Crippen LogP contribution in [0.15, 0.2) is 0 Å². The van der Waals surface area contributed by atoms with Crippen LogP contribution >= 0.6 is 0 Å². The molecule has 0 aromatic carbocycles. The Kier molecular flexibility index (Phi) is 4.34. The van der Waals surface area contributed by atoms with Crippen LogP contribution in [0.3, 0.4) is 0 Å². The summed E-state index contributed by atoms with van der Waals surface area (Å²) in [5.74, 6) is 0. The molecule has 1 aliphatic rings. The van der Waals surface area contributed by atoms with Gasteiger partial charge < -0.3 is 9.64 Å². The third-order valence-corrected chi connectivity index (χ3v) is 2.56. The molecule has 1 amide bonds. The van der Waals surface area contributed by atoms with E-state index in [1.54, 1.807) is 4.90 Å². The number of amides is 1. The first kappa shape index (κ1) is 12.5. The first-order chi connectivity index (χ1) is 7.72. The number of aryl methyl sites for hydroxylation is 1. The van der Waals surface area contributed by atoms with E-state index in [-0.39, 0.29) is 6.09 Å². The van der Waals surface area contributed by atoms with Crippen LogP contribution in [0.1, 0.15) is 30.8 Å². The normalized spacial score (nSPS) is 13.6. The number of ether oxygens (including phenoxy) is 1. The van der Waals surface area contributed by atoms with E-state index >= 15 is 0 Å². The van der Waals surface area contributed by atoms with Crippen molar-refractivity contribution in [1.29, 1.82) is 0 Å². The number of H-pyrrole nitrogens is 1. The summed E-state index contributed by atoms with van der Waals surface area (Å²) in [5.41, 5.74) is 3.23. The van der Waals surface area contributed by atoms with Gasteiger partial charge in [-0.3, -0.25) is 5.10 Å². The second-order valence-corrected chi connectivity index (χ2v) is 3.42. The quantitative estimate of drug-likeness (QED) is 0.733. The summed E-state index contributed by atoms with van der Waals surface area (Å²) in [6, 6.07) is 0. The third-order valence-electron chi connectivity index (χ3n) is 2.56. The molecule has 1 aliphatic heterocycles. The van der Waals surface area contributed by atoms with Gasteiger partial charge in [-0.15, -0.1) is 0 Å². The molecule has 2 heterocycles. The van der Waals surface area contributed by atoms with Crippen molar-refractivity contribution in [3.8, 4) is 0 Å². The van der Waals surface area contributed by atoms with Crippen molar-refractivity contribution in [2.24, 2.45) is 0 Å². The minimum atomic E-state index is -0.267. The van der Waals surface area contributed by atoms with Crippen LogP contribution < -0.4 is 0 Å². The van der Waals surface area contributed by atoms with Crippen LogP contribution in [-0.2, 0) is 17.7 Å². The molecule has 0 fully saturated rings. The number of aromatic nitrogens is 2. The Morgan fingerprint density at radius 1 is 1.50 bits per heavy atom. The predicted octanol–water partition coefficient (Wildman–Crippen LogP) is 1.87. The molecule has 0 bridgehead atoms. The van der Waals surface area contributed by atoms with Crippen molar-refractivity contribution >= 4 is 6.09 Å². The number of hydrogen-bond donors (Lipinski definition) is 1. The zero-order valence-corrected chi connectivity index (χ0v) is 10.3. The number of rotatable bonds is 0. The SMILES string of the molecule is CC.COC(=O)N1CCc2n[nH]c(C)c2C1. The summed E-state index contributed by atoms with van der Waals surface area (Å²) >= 11 is 0. The van der Waals surface area contributed by atoms with E-state index in [9.17, 15) is 4.79 Å². The Balaban J connectivity index is 0.000000606. The van der Waals surface area contributed by atoms with E-state index in [1.165, 1.54) is 7.11 Å². The standard InChI is InChI=1S/C9H13N3O2.C2H6/c1-6-7-5-12(9(13)14-2)4-3-8(7)11-10-6;1-2/h3-5H2,1-2H3,(H,10,11);1-2H3. The van der Waals surface area contributed by atoms with Gasteiger partial charge in [-0.25, -0.2) is 4.79 Å². The molecule has 0 aliphatic carbocycles. The smallest absolute Gasteiger partial charge is 0.409 e. The molecule has 1 aromatic rings. The summed E-state index contributed by atoms with van der Waals surface area (Å²) in [7, 11) is 1.40. The Bertz CT molecular complexity index is 360. The lowest BCUT2D eigenvalue weighted by Gasteiger charge is -2.25. The Labute approximate surface area is 95.8 Å². The molecule has 0 saturated heterocycles. The van der Waals surface area contributed by atoms with Crippen molar-refractivity contribution in [3.63, 3.8) is 0 Å². The van der Waals surface area contributed by atoms with Crippen molar-refractivity contribution in [2.45, 2.75) is 33.7 Å². The average Bonchev–Trinajstić information content (AvgIpc) is 2.72. The largest absolute Gasteiger partial charge is 0.453 e. The zero-order valence-electron chi connectivity index (χ0n) is 10.3. The van der Waals surface area contributed by atoms with E-state index in [0.29, 0.717) is 13.1 Å². The molecule has 5 nitrogen and oxygen atoms in total. The van der Waals surface area contributed by atoms with E-state index < -0.39 is 0 Å². The number of carbonyl (C=O) groups excluding carboxylic acids is 1. The topological polar surface area (TPSA) is 58.2 Å². The van der Waals surface area contributed by atoms with Crippen LogP contribution in [0, 0.1) is 6.92 Å². The van der Waals surface area contributed by atoms with E-state index in [0.717, 1.165) is 23.4 Å². The van der Waals surface area contributed by atoms with Gasteiger partial charge in [0.1, 0.15) is 0 Å². The second kappa shape index (κ2) is 5.53. The van der Waals surface area contributed by atoms with Gasteiger partial charge in [-0.1, -0.05) is 13.8 Å². The minimum absolute atomic E-state index is 0.267. The van der Waals surface area contributed by atoms with Crippen molar-refractivity contribution in [3.05, 3.63) is 17.0 Å².